The lowest BCUT2D eigenvalue weighted by Crippen LogP contribution is -2.44. The Morgan fingerprint density at radius 2 is 2.10 bits per heavy atom. The number of carbonyl (C=O) groups excluding carboxylic acids is 1. The molecule has 1 N–H and O–H groups in total. The van der Waals surface area contributed by atoms with Gasteiger partial charge in [0.2, 0.25) is 0 Å². The average Bonchev–Trinajstić information content (AvgIpc) is 2.89. The van der Waals surface area contributed by atoms with E-state index in [1.165, 1.54) is 6.92 Å². The Labute approximate surface area is 123 Å². The van der Waals surface area contributed by atoms with Gasteiger partial charge in [0.05, 0.1) is 11.2 Å². The number of aromatic nitrogens is 2. The number of benzene rings is 1. The molecule has 1 fully saturated rings. The molecule has 3 rings (SSSR count). The number of ether oxygens (including phenoxy) is 1. The third-order valence-corrected chi connectivity index (χ3v) is 3.80. The Morgan fingerprint density at radius 3 is 2.81 bits per heavy atom. The third-order valence-electron chi connectivity index (χ3n) is 3.80. The van der Waals surface area contributed by atoms with Gasteiger partial charge in [0.25, 0.3) is 0 Å². The van der Waals surface area contributed by atoms with Crippen LogP contribution in [0.25, 0.3) is 11.0 Å². The van der Waals surface area contributed by atoms with Gasteiger partial charge in [-0.1, -0.05) is 6.07 Å². The molecule has 0 radical (unpaired) electrons. The molecule has 112 valence electrons. The lowest BCUT2D eigenvalue weighted by atomic mass is 10.2. The fourth-order valence-corrected chi connectivity index (χ4v) is 2.61. The van der Waals surface area contributed by atoms with Crippen molar-refractivity contribution in [3.05, 3.63) is 24.0 Å². The van der Waals surface area contributed by atoms with Gasteiger partial charge in [-0.25, -0.2) is 4.98 Å². The first-order chi connectivity index (χ1) is 10.1. The zero-order valence-corrected chi connectivity index (χ0v) is 12.4. The van der Waals surface area contributed by atoms with Crippen molar-refractivity contribution in [2.24, 2.45) is 0 Å². The van der Waals surface area contributed by atoms with Crippen LogP contribution in [0.3, 0.4) is 0 Å². The summed E-state index contributed by atoms with van der Waals surface area (Å²) >= 11 is 0. The van der Waals surface area contributed by atoms with Crippen molar-refractivity contribution in [3.63, 3.8) is 0 Å². The monoisotopic (exact) mass is 288 g/mol. The first-order valence-corrected chi connectivity index (χ1v) is 7.18. The number of para-hydroxylation sites is 1. The van der Waals surface area contributed by atoms with Crippen LogP contribution in [0.4, 0.5) is 5.69 Å². The Morgan fingerprint density at radius 1 is 1.33 bits per heavy atom. The second kappa shape index (κ2) is 5.73. The van der Waals surface area contributed by atoms with Crippen LogP contribution in [-0.4, -0.2) is 54.1 Å². The van der Waals surface area contributed by atoms with E-state index in [0.717, 1.165) is 42.9 Å². The number of nitrogens with zero attached hydrogens (tertiary/aromatic N) is 3. The number of rotatable bonds is 3. The molecule has 0 atom stereocenters. The number of nitrogens with one attached hydrogen (secondary N) is 1. The maximum absolute atomic E-state index is 10.9. The van der Waals surface area contributed by atoms with E-state index < -0.39 is 0 Å². The van der Waals surface area contributed by atoms with Crippen molar-refractivity contribution in [1.29, 1.82) is 0 Å². The van der Waals surface area contributed by atoms with Crippen molar-refractivity contribution < 1.29 is 9.53 Å². The summed E-state index contributed by atoms with van der Waals surface area (Å²) in [7, 11) is 2.14. The van der Waals surface area contributed by atoms with Gasteiger partial charge >= 0.3 is 5.97 Å². The molecule has 1 aliphatic rings. The summed E-state index contributed by atoms with van der Waals surface area (Å²) in [6, 6.07) is 6.13. The van der Waals surface area contributed by atoms with Crippen molar-refractivity contribution in [1.82, 2.24) is 14.9 Å². The number of piperazine rings is 1. The van der Waals surface area contributed by atoms with Crippen LogP contribution in [-0.2, 0) is 16.1 Å². The second-order valence-corrected chi connectivity index (χ2v) is 5.43. The number of likely N-dealkylation sites (N-methyl/N-ethyl adjacent to an activating group) is 1. The van der Waals surface area contributed by atoms with Gasteiger partial charge in [-0.3, -0.25) is 4.79 Å². The zero-order chi connectivity index (χ0) is 14.8. The zero-order valence-electron chi connectivity index (χ0n) is 12.4. The second-order valence-electron chi connectivity index (χ2n) is 5.43. The Bertz CT molecular complexity index is 644. The topological polar surface area (TPSA) is 61.5 Å². The number of anilines is 1. The molecule has 0 amide bonds. The molecule has 1 aromatic carbocycles. The summed E-state index contributed by atoms with van der Waals surface area (Å²) in [4.78, 5) is 23.4. The fraction of sp³-hybridized carbons (Fsp3) is 0.467. The van der Waals surface area contributed by atoms with Gasteiger partial charge in [-0.05, 0) is 19.2 Å². The highest BCUT2D eigenvalue weighted by atomic mass is 16.5. The molecule has 1 aromatic heterocycles. The Hall–Kier alpha value is -2.08. The summed E-state index contributed by atoms with van der Waals surface area (Å²) < 4.78 is 5.00. The van der Waals surface area contributed by atoms with E-state index in [0.29, 0.717) is 5.82 Å². The number of hydrogen-bond donors (Lipinski definition) is 1. The quantitative estimate of drug-likeness (QED) is 0.865. The molecule has 6 heteroatoms. The van der Waals surface area contributed by atoms with Gasteiger partial charge in [-0.2, -0.15) is 0 Å². The third kappa shape index (κ3) is 3.00. The molecular formula is C15H20N4O2. The van der Waals surface area contributed by atoms with Crippen molar-refractivity contribution in [2.75, 3.05) is 38.1 Å². The summed E-state index contributed by atoms with van der Waals surface area (Å²) in [5, 5.41) is 0. The van der Waals surface area contributed by atoms with Crippen LogP contribution in [0.2, 0.25) is 0 Å². The first kappa shape index (κ1) is 13.9. The molecule has 0 aliphatic carbocycles. The van der Waals surface area contributed by atoms with Gasteiger partial charge in [0.15, 0.2) is 0 Å². The molecule has 6 nitrogen and oxygen atoms in total. The summed E-state index contributed by atoms with van der Waals surface area (Å²) in [6.45, 7) is 5.70. The smallest absolute Gasteiger partial charge is 0.303 e. The lowest BCUT2D eigenvalue weighted by molar-refractivity contribution is -0.142. The SMILES string of the molecule is CC(=O)OCc1nc2c(N3CCN(C)CC3)cccc2[nH]1. The highest BCUT2D eigenvalue weighted by Gasteiger charge is 2.18. The number of fused-ring (bicyclic) bond motifs is 1. The van der Waals surface area contributed by atoms with E-state index in [9.17, 15) is 4.79 Å². The number of esters is 1. The predicted molar refractivity (Wildman–Crippen MR) is 81.3 cm³/mol. The number of aromatic amines is 1. The molecule has 21 heavy (non-hydrogen) atoms. The summed E-state index contributed by atoms with van der Waals surface area (Å²) in [5.41, 5.74) is 3.07. The molecule has 1 saturated heterocycles. The molecule has 2 heterocycles. The number of H-pyrrole nitrogens is 1. The molecule has 1 aliphatic heterocycles. The van der Waals surface area contributed by atoms with Crippen LogP contribution in [0.5, 0.6) is 0 Å². The molecule has 0 bridgehead atoms. The molecule has 2 aromatic rings. The highest BCUT2D eigenvalue weighted by molar-refractivity contribution is 5.89. The largest absolute Gasteiger partial charge is 0.458 e. The van der Waals surface area contributed by atoms with Gasteiger partial charge in [0, 0.05) is 33.1 Å². The Balaban J connectivity index is 1.86. The molecule has 0 unspecified atom stereocenters. The van der Waals surface area contributed by atoms with Crippen molar-refractivity contribution >= 4 is 22.7 Å². The van der Waals surface area contributed by atoms with Crippen LogP contribution in [0.1, 0.15) is 12.7 Å². The van der Waals surface area contributed by atoms with E-state index in [1.54, 1.807) is 0 Å². The van der Waals surface area contributed by atoms with E-state index in [4.69, 9.17) is 4.74 Å². The van der Waals surface area contributed by atoms with E-state index >= 15 is 0 Å². The molecule has 0 saturated carbocycles. The maximum atomic E-state index is 10.9. The van der Waals surface area contributed by atoms with Gasteiger partial charge in [0.1, 0.15) is 17.9 Å². The van der Waals surface area contributed by atoms with E-state index in [2.05, 4.69) is 32.9 Å². The summed E-state index contributed by atoms with van der Waals surface area (Å²) in [6.07, 6.45) is 0. The number of carbonyl (C=O) groups is 1. The van der Waals surface area contributed by atoms with Crippen LogP contribution in [0.15, 0.2) is 18.2 Å². The van der Waals surface area contributed by atoms with Crippen molar-refractivity contribution in [3.8, 4) is 0 Å². The van der Waals surface area contributed by atoms with Crippen LogP contribution >= 0.6 is 0 Å². The predicted octanol–water partition coefficient (Wildman–Crippen LogP) is 1.38. The maximum Gasteiger partial charge on any atom is 0.303 e. The standard InChI is InChI=1S/C15H20N4O2/c1-11(20)21-10-14-16-12-4-3-5-13(15(12)17-14)19-8-6-18(2)7-9-19/h3-5H,6-10H2,1-2H3,(H,16,17). The Kier molecular flexibility index (Phi) is 3.79. The minimum Gasteiger partial charge on any atom is -0.458 e. The highest BCUT2D eigenvalue weighted by Crippen LogP contribution is 2.26. The molecule has 0 spiro atoms. The van der Waals surface area contributed by atoms with Crippen molar-refractivity contribution in [2.45, 2.75) is 13.5 Å². The summed E-state index contributed by atoms with van der Waals surface area (Å²) in [5.74, 6) is 0.386. The number of hydrogen-bond acceptors (Lipinski definition) is 5. The fourth-order valence-electron chi connectivity index (χ4n) is 2.61. The average molecular weight is 288 g/mol. The lowest BCUT2D eigenvalue weighted by Gasteiger charge is -2.34. The minimum absolute atomic E-state index is 0.187. The van der Waals surface area contributed by atoms with E-state index in [-0.39, 0.29) is 12.6 Å². The van der Waals surface area contributed by atoms with Crippen LogP contribution in [0, 0.1) is 0 Å². The minimum atomic E-state index is -0.297. The van der Waals surface area contributed by atoms with E-state index in [1.807, 2.05) is 12.1 Å². The van der Waals surface area contributed by atoms with Crippen LogP contribution < -0.4 is 4.90 Å². The first-order valence-electron chi connectivity index (χ1n) is 7.18. The van der Waals surface area contributed by atoms with Gasteiger partial charge in [-0.15, -0.1) is 0 Å². The van der Waals surface area contributed by atoms with Gasteiger partial charge < -0.3 is 19.5 Å². The molecular weight excluding hydrogens is 268 g/mol. The number of imidazole rings is 1. The normalized spacial score (nSPS) is 16.4.